The van der Waals surface area contributed by atoms with Crippen molar-refractivity contribution in [2.45, 2.75) is 6.92 Å². The number of hydrogen-bond acceptors (Lipinski definition) is 4. The van der Waals surface area contributed by atoms with Gasteiger partial charge in [0.1, 0.15) is 5.56 Å². The highest BCUT2D eigenvalue weighted by atomic mass is 16.5. The number of pyridine rings is 1. The molecule has 0 saturated heterocycles. The zero-order valence-electron chi connectivity index (χ0n) is 12.4. The summed E-state index contributed by atoms with van der Waals surface area (Å²) in [7, 11) is 1.55. The second kappa shape index (κ2) is 7.21. The van der Waals surface area contributed by atoms with E-state index in [9.17, 15) is 9.59 Å². The monoisotopic (exact) mass is 299 g/mol. The van der Waals surface area contributed by atoms with Crippen LogP contribution < -0.4 is 15.4 Å². The van der Waals surface area contributed by atoms with Gasteiger partial charge in [-0.25, -0.2) is 4.98 Å². The van der Waals surface area contributed by atoms with Crippen LogP contribution >= 0.6 is 0 Å². The second-order valence-electron chi connectivity index (χ2n) is 4.40. The number of hydrogen-bond donors (Lipinski definition) is 2. The van der Waals surface area contributed by atoms with Gasteiger partial charge in [0.15, 0.2) is 0 Å². The SMILES string of the molecule is CCOc1ncccc1C(=O)Nc1cccc(C(=O)NC)c1. The molecule has 1 heterocycles. The Kier molecular flexibility index (Phi) is 5.08. The predicted octanol–water partition coefficient (Wildman–Crippen LogP) is 2.09. The molecule has 2 aromatic rings. The van der Waals surface area contributed by atoms with Crippen LogP contribution in [0.4, 0.5) is 5.69 Å². The fourth-order valence-corrected chi connectivity index (χ4v) is 1.90. The van der Waals surface area contributed by atoms with Crippen molar-refractivity contribution in [2.75, 3.05) is 19.0 Å². The standard InChI is InChI=1S/C16H17N3O3/c1-3-22-16-13(8-5-9-18-16)15(21)19-12-7-4-6-11(10-12)14(20)17-2/h4-10H,3H2,1-2H3,(H,17,20)(H,19,21). The third-order valence-corrected chi connectivity index (χ3v) is 2.91. The normalized spacial score (nSPS) is 9.91. The Morgan fingerprint density at radius 1 is 1.18 bits per heavy atom. The van der Waals surface area contributed by atoms with Gasteiger partial charge in [-0.3, -0.25) is 9.59 Å². The Bertz CT molecular complexity index is 686. The van der Waals surface area contributed by atoms with Crippen LogP contribution in [0.3, 0.4) is 0 Å². The lowest BCUT2D eigenvalue weighted by Crippen LogP contribution is -2.18. The van der Waals surface area contributed by atoms with E-state index in [1.807, 2.05) is 6.92 Å². The van der Waals surface area contributed by atoms with Crippen molar-refractivity contribution in [3.63, 3.8) is 0 Å². The van der Waals surface area contributed by atoms with Gasteiger partial charge in [0.2, 0.25) is 5.88 Å². The first kappa shape index (κ1) is 15.5. The average Bonchev–Trinajstić information content (AvgIpc) is 2.55. The molecule has 0 aliphatic heterocycles. The Labute approximate surface area is 128 Å². The number of benzene rings is 1. The lowest BCUT2D eigenvalue weighted by molar-refractivity contribution is 0.0961. The zero-order valence-corrected chi connectivity index (χ0v) is 12.4. The molecule has 0 unspecified atom stereocenters. The van der Waals surface area contributed by atoms with Crippen molar-refractivity contribution in [1.29, 1.82) is 0 Å². The molecule has 2 N–H and O–H groups in total. The molecule has 0 aliphatic rings. The van der Waals surface area contributed by atoms with Crippen LogP contribution in [-0.4, -0.2) is 30.5 Å². The van der Waals surface area contributed by atoms with E-state index < -0.39 is 0 Å². The van der Waals surface area contributed by atoms with Crippen molar-refractivity contribution in [2.24, 2.45) is 0 Å². The summed E-state index contributed by atoms with van der Waals surface area (Å²) in [6, 6.07) is 9.99. The summed E-state index contributed by atoms with van der Waals surface area (Å²) in [6.45, 7) is 2.24. The highest BCUT2D eigenvalue weighted by molar-refractivity contribution is 6.06. The lowest BCUT2D eigenvalue weighted by atomic mass is 10.1. The molecule has 0 atom stereocenters. The van der Waals surface area contributed by atoms with Crippen molar-refractivity contribution in [3.05, 3.63) is 53.7 Å². The number of nitrogens with one attached hydrogen (secondary N) is 2. The van der Waals surface area contributed by atoms with Gasteiger partial charge >= 0.3 is 0 Å². The fraction of sp³-hybridized carbons (Fsp3) is 0.188. The van der Waals surface area contributed by atoms with Crippen LogP contribution in [0.25, 0.3) is 0 Å². The molecule has 0 bridgehead atoms. The van der Waals surface area contributed by atoms with Crippen LogP contribution in [-0.2, 0) is 0 Å². The molecule has 0 fully saturated rings. The Balaban J connectivity index is 2.21. The lowest BCUT2D eigenvalue weighted by Gasteiger charge is -2.10. The Morgan fingerprint density at radius 2 is 2.00 bits per heavy atom. The van der Waals surface area contributed by atoms with E-state index in [0.717, 1.165) is 0 Å². The van der Waals surface area contributed by atoms with Gasteiger partial charge in [-0.15, -0.1) is 0 Å². The summed E-state index contributed by atoms with van der Waals surface area (Å²) in [5.74, 6) is -0.275. The number of rotatable bonds is 5. The second-order valence-corrected chi connectivity index (χ2v) is 4.40. The minimum absolute atomic E-state index is 0.215. The van der Waals surface area contributed by atoms with Crippen molar-refractivity contribution in [1.82, 2.24) is 10.3 Å². The molecule has 2 amide bonds. The molecule has 2 rings (SSSR count). The smallest absolute Gasteiger partial charge is 0.261 e. The molecule has 22 heavy (non-hydrogen) atoms. The minimum Gasteiger partial charge on any atom is -0.477 e. The molecule has 6 heteroatoms. The number of anilines is 1. The third-order valence-electron chi connectivity index (χ3n) is 2.91. The molecule has 6 nitrogen and oxygen atoms in total. The summed E-state index contributed by atoms with van der Waals surface area (Å²) < 4.78 is 5.34. The largest absolute Gasteiger partial charge is 0.477 e. The topological polar surface area (TPSA) is 80.3 Å². The molecule has 0 radical (unpaired) electrons. The number of aromatic nitrogens is 1. The predicted molar refractivity (Wildman–Crippen MR) is 83.2 cm³/mol. The number of ether oxygens (including phenoxy) is 1. The highest BCUT2D eigenvalue weighted by Crippen LogP contribution is 2.17. The van der Waals surface area contributed by atoms with Crippen LogP contribution in [0.5, 0.6) is 5.88 Å². The van der Waals surface area contributed by atoms with Crippen LogP contribution in [0.2, 0.25) is 0 Å². The number of nitrogens with zero attached hydrogens (tertiary/aromatic N) is 1. The summed E-state index contributed by atoms with van der Waals surface area (Å²) in [5, 5.41) is 5.28. The summed E-state index contributed by atoms with van der Waals surface area (Å²) >= 11 is 0. The van der Waals surface area contributed by atoms with Gasteiger partial charge in [-0.2, -0.15) is 0 Å². The van der Waals surface area contributed by atoms with E-state index in [1.165, 1.54) is 0 Å². The summed E-state index contributed by atoms with van der Waals surface area (Å²) in [4.78, 5) is 28.0. The van der Waals surface area contributed by atoms with Crippen molar-refractivity contribution in [3.8, 4) is 5.88 Å². The molecular weight excluding hydrogens is 282 g/mol. The minimum atomic E-state index is -0.342. The molecule has 0 spiro atoms. The number of carbonyl (C=O) groups excluding carboxylic acids is 2. The maximum atomic E-state index is 12.3. The quantitative estimate of drug-likeness (QED) is 0.886. The Morgan fingerprint density at radius 3 is 2.73 bits per heavy atom. The van der Waals surface area contributed by atoms with Crippen LogP contribution in [0.15, 0.2) is 42.6 Å². The van der Waals surface area contributed by atoms with E-state index in [1.54, 1.807) is 49.6 Å². The first-order valence-electron chi connectivity index (χ1n) is 6.87. The summed E-state index contributed by atoms with van der Waals surface area (Å²) in [6.07, 6.45) is 1.56. The molecule has 1 aromatic heterocycles. The van der Waals surface area contributed by atoms with E-state index >= 15 is 0 Å². The van der Waals surface area contributed by atoms with Gasteiger partial charge in [-0.05, 0) is 37.3 Å². The van der Waals surface area contributed by atoms with Gasteiger partial charge in [0, 0.05) is 24.5 Å². The summed E-state index contributed by atoms with van der Waals surface area (Å²) in [5.41, 5.74) is 1.34. The maximum Gasteiger partial charge on any atom is 0.261 e. The first-order chi connectivity index (χ1) is 10.7. The van der Waals surface area contributed by atoms with E-state index in [4.69, 9.17) is 4.74 Å². The fourth-order valence-electron chi connectivity index (χ4n) is 1.90. The van der Waals surface area contributed by atoms with Gasteiger partial charge in [0.05, 0.1) is 6.61 Å². The van der Waals surface area contributed by atoms with Crippen LogP contribution in [0, 0.1) is 0 Å². The third kappa shape index (κ3) is 3.60. The molecule has 114 valence electrons. The van der Waals surface area contributed by atoms with Gasteiger partial charge < -0.3 is 15.4 Å². The van der Waals surface area contributed by atoms with E-state index in [0.29, 0.717) is 23.4 Å². The average molecular weight is 299 g/mol. The highest BCUT2D eigenvalue weighted by Gasteiger charge is 2.14. The zero-order chi connectivity index (χ0) is 15.9. The molecule has 0 aliphatic carbocycles. The maximum absolute atomic E-state index is 12.3. The molecule has 0 saturated carbocycles. The van der Waals surface area contributed by atoms with Crippen molar-refractivity contribution >= 4 is 17.5 Å². The number of amides is 2. The number of carbonyl (C=O) groups is 2. The van der Waals surface area contributed by atoms with Gasteiger partial charge in [-0.1, -0.05) is 6.07 Å². The van der Waals surface area contributed by atoms with E-state index in [-0.39, 0.29) is 17.7 Å². The van der Waals surface area contributed by atoms with Crippen molar-refractivity contribution < 1.29 is 14.3 Å². The molecule has 1 aromatic carbocycles. The Hall–Kier alpha value is -2.89. The first-order valence-corrected chi connectivity index (χ1v) is 6.87. The van der Waals surface area contributed by atoms with Crippen LogP contribution in [0.1, 0.15) is 27.6 Å². The van der Waals surface area contributed by atoms with Gasteiger partial charge in [0.25, 0.3) is 11.8 Å². The molecular formula is C16H17N3O3. The van der Waals surface area contributed by atoms with E-state index in [2.05, 4.69) is 15.6 Å².